The van der Waals surface area contributed by atoms with Gasteiger partial charge < -0.3 is 4.52 Å². The summed E-state index contributed by atoms with van der Waals surface area (Å²) in [5.41, 5.74) is 0.958. The minimum atomic E-state index is -4.52. The Morgan fingerprint density at radius 2 is 2.14 bits per heavy atom. The van der Waals surface area contributed by atoms with Gasteiger partial charge in [-0.2, -0.15) is 18.2 Å². The van der Waals surface area contributed by atoms with Gasteiger partial charge in [0.15, 0.2) is 11.9 Å². The highest BCUT2D eigenvalue weighted by molar-refractivity contribution is 5.93. The summed E-state index contributed by atoms with van der Waals surface area (Å²) in [4.78, 5) is 20.7. The first-order valence-electron chi connectivity index (χ1n) is 6.21. The molecule has 0 fully saturated rings. The molecule has 0 aliphatic carbocycles. The summed E-state index contributed by atoms with van der Waals surface area (Å²) in [6.07, 6.45) is -5.26. The van der Waals surface area contributed by atoms with Gasteiger partial charge in [0, 0.05) is 5.56 Å². The molecule has 0 bridgehead atoms. The first kappa shape index (κ1) is 16.0. The predicted octanol–water partition coefficient (Wildman–Crippen LogP) is 2.82. The summed E-state index contributed by atoms with van der Waals surface area (Å²) in [5, 5.41) is 3.56. The molecule has 0 saturated carbocycles. The number of amides is 1. The van der Waals surface area contributed by atoms with Gasteiger partial charge in [-0.05, 0) is 32.0 Å². The second-order valence-corrected chi connectivity index (χ2v) is 4.45. The van der Waals surface area contributed by atoms with Crippen molar-refractivity contribution >= 4 is 5.91 Å². The minimum absolute atomic E-state index is 0.141. The number of halogens is 3. The maximum absolute atomic E-state index is 12.6. The van der Waals surface area contributed by atoms with E-state index >= 15 is 0 Å². The van der Waals surface area contributed by atoms with E-state index in [1.165, 1.54) is 6.07 Å². The van der Waals surface area contributed by atoms with Crippen LogP contribution in [0.1, 0.15) is 40.7 Å². The lowest BCUT2D eigenvalue weighted by Crippen LogP contribution is -2.25. The molecule has 0 spiro atoms. The van der Waals surface area contributed by atoms with Crippen molar-refractivity contribution in [1.29, 1.82) is 0 Å². The Labute approximate surface area is 123 Å². The van der Waals surface area contributed by atoms with Crippen LogP contribution in [0, 0.1) is 6.92 Å². The van der Waals surface area contributed by atoms with Crippen LogP contribution < -0.4 is 5.48 Å². The van der Waals surface area contributed by atoms with E-state index in [4.69, 9.17) is 9.36 Å². The van der Waals surface area contributed by atoms with E-state index in [1.54, 1.807) is 13.8 Å². The zero-order valence-corrected chi connectivity index (χ0v) is 11.6. The zero-order valence-electron chi connectivity index (χ0n) is 11.6. The number of hydroxylamine groups is 1. The van der Waals surface area contributed by atoms with Crippen molar-refractivity contribution in [2.24, 2.45) is 0 Å². The zero-order chi connectivity index (χ0) is 16.3. The third-order valence-electron chi connectivity index (χ3n) is 2.67. The molecule has 1 aromatic carbocycles. The lowest BCUT2D eigenvalue weighted by molar-refractivity contribution is -0.137. The summed E-state index contributed by atoms with van der Waals surface area (Å²) in [6, 6.07) is 4.00. The predicted molar refractivity (Wildman–Crippen MR) is 67.4 cm³/mol. The average molecular weight is 315 g/mol. The third-order valence-corrected chi connectivity index (χ3v) is 2.67. The standard InChI is InChI=1S/C13H12F3N3O3/c1-7(12-17-8(2)18-22-12)21-19-11(20)9-4-3-5-10(6-9)13(14,15)16/h3-7H,1-2H3,(H,19,20). The Morgan fingerprint density at radius 1 is 1.41 bits per heavy atom. The van der Waals surface area contributed by atoms with Gasteiger partial charge in [0.1, 0.15) is 0 Å². The molecule has 1 atom stereocenters. The fourth-order valence-corrected chi connectivity index (χ4v) is 1.57. The molecular formula is C13H12F3N3O3. The number of hydrogen-bond acceptors (Lipinski definition) is 5. The maximum Gasteiger partial charge on any atom is 0.416 e. The van der Waals surface area contributed by atoms with Gasteiger partial charge in [0.05, 0.1) is 5.56 Å². The van der Waals surface area contributed by atoms with E-state index in [1.807, 2.05) is 0 Å². The molecule has 1 aromatic heterocycles. The molecule has 2 aromatic rings. The SMILES string of the molecule is Cc1noc(C(C)ONC(=O)c2cccc(C(F)(F)F)c2)n1. The largest absolute Gasteiger partial charge is 0.416 e. The molecule has 1 unspecified atom stereocenters. The monoisotopic (exact) mass is 315 g/mol. The minimum Gasteiger partial charge on any atom is -0.336 e. The van der Waals surface area contributed by atoms with E-state index in [-0.39, 0.29) is 11.5 Å². The molecule has 6 nitrogen and oxygen atoms in total. The molecule has 9 heteroatoms. The molecule has 1 N–H and O–H groups in total. The number of carbonyl (C=O) groups is 1. The summed E-state index contributed by atoms with van der Waals surface area (Å²) in [7, 11) is 0. The van der Waals surface area contributed by atoms with Crippen molar-refractivity contribution in [3.8, 4) is 0 Å². The number of rotatable bonds is 4. The summed E-state index contributed by atoms with van der Waals surface area (Å²) in [6.45, 7) is 3.15. The highest BCUT2D eigenvalue weighted by Gasteiger charge is 2.31. The van der Waals surface area contributed by atoms with Gasteiger partial charge in [-0.3, -0.25) is 9.63 Å². The van der Waals surface area contributed by atoms with Crippen LogP contribution >= 0.6 is 0 Å². The van der Waals surface area contributed by atoms with Crippen molar-refractivity contribution in [3.05, 3.63) is 47.1 Å². The Bertz CT molecular complexity index is 670. The lowest BCUT2D eigenvalue weighted by atomic mass is 10.1. The number of nitrogens with zero attached hydrogens (tertiary/aromatic N) is 2. The highest BCUT2D eigenvalue weighted by atomic mass is 19.4. The van der Waals surface area contributed by atoms with Gasteiger partial charge in [-0.25, -0.2) is 5.48 Å². The molecule has 1 heterocycles. The normalized spacial score (nSPS) is 13.0. The molecule has 0 aliphatic heterocycles. The maximum atomic E-state index is 12.6. The van der Waals surface area contributed by atoms with Crippen molar-refractivity contribution in [1.82, 2.24) is 15.6 Å². The molecular weight excluding hydrogens is 303 g/mol. The van der Waals surface area contributed by atoms with Crippen LogP contribution in [-0.4, -0.2) is 16.0 Å². The highest BCUT2D eigenvalue weighted by Crippen LogP contribution is 2.29. The number of carbonyl (C=O) groups excluding carboxylic acids is 1. The fourth-order valence-electron chi connectivity index (χ4n) is 1.57. The topological polar surface area (TPSA) is 77.3 Å². The van der Waals surface area contributed by atoms with Crippen LogP contribution in [0.25, 0.3) is 0 Å². The molecule has 0 aliphatic rings. The van der Waals surface area contributed by atoms with Gasteiger partial charge in [0.2, 0.25) is 0 Å². The Balaban J connectivity index is 2.01. The molecule has 0 radical (unpaired) electrons. The van der Waals surface area contributed by atoms with Crippen molar-refractivity contribution in [2.45, 2.75) is 26.1 Å². The van der Waals surface area contributed by atoms with Crippen molar-refractivity contribution in [3.63, 3.8) is 0 Å². The molecule has 1 amide bonds. The number of hydrogen-bond donors (Lipinski definition) is 1. The fraction of sp³-hybridized carbons (Fsp3) is 0.308. The Kier molecular flexibility index (Phi) is 4.45. The number of benzene rings is 1. The van der Waals surface area contributed by atoms with Crippen molar-refractivity contribution in [2.75, 3.05) is 0 Å². The lowest BCUT2D eigenvalue weighted by Gasteiger charge is -2.11. The molecule has 0 saturated heterocycles. The van der Waals surface area contributed by atoms with Crippen LogP contribution in [0.15, 0.2) is 28.8 Å². The molecule has 2 rings (SSSR count). The van der Waals surface area contributed by atoms with E-state index in [2.05, 4.69) is 15.6 Å². The average Bonchev–Trinajstić information content (AvgIpc) is 2.90. The van der Waals surface area contributed by atoms with Crippen LogP contribution in [0.2, 0.25) is 0 Å². The third kappa shape index (κ3) is 3.82. The first-order valence-corrected chi connectivity index (χ1v) is 6.21. The van der Waals surface area contributed by atoms with Gasteiger partial charge in [-0.1, -0.05) is 11.2 Å². The Morgan fingerprint density at radius 3 is 2.73 bits per heavy atom. The van der Waals surface area contributed by atoms with Crippen LogP contribution in [0.3, 0.4) is 0 Å². The van der Waals surface area contributed by atoms with Crippen LogP contribution in [0.5, 0.6) is 0 Å². The van der Waals surface area contributed by atoms with E-state index < -0.39 is 23.8 Å². The number of nitrogens with one attached hydrogen (secondary N) is 1. The number of alkyl halides is 3. The van der Waals surface area contributed by atoms with Gasteiger partial charge >= 0.3 is 6.18 Å². The quantitative estimate of drug-likeness (QED) is 0.878. The Hall–Kier alpha value is -2.42. The summed E-state index contributed by atoms with van der Waals surface area (Å²) < 4.78 is 42.6. The van der Waals surface area contributed by atoms with Gasteiger partial charge in [-0.15, -0.1) is 0 Å². The number of aryl methyl sites for hydroxylation is 1. The summed E-state index contributed by atoms with van der Waals surface area (Å²) in [5.74, 6) is -0.273. The molecule has 118 valence electrons. The number of aromatic nitrogens is 2. The molecule has 22 heavy (non-hydrogen) atoms. The van der Waals surface area contributed by atoms with E-state index in [9.17, 15) is 18.0 Å². The second kappa shape index (κ2) is 6.14. The van der Waals surface area contributed by atoms with E-state index in [0.717, 1.165) is 18.2 Å². The van der Waals surface area contributed by atoms with Crippen LogP contribution in [-0.2, 0) is 11.0 Å². The van der Waals surface area contributed by atoms with Crippen LogP contribution in [0.4, 0.5) is 13.2 Å². The van der Waals surface area contributed by atoms with E-state index in [0.29, 0.717) is 5.82 Å². The smallest absolute Gasteiger partial charge is 0.336 e. The first-order chi connectivity index (χ1) is 10.3. The summed E-state index contributed by atoms with van der Waals surface area (Å²) >= 11 is 0. The second-order valence-electron chi connectivity index (χ2n) is 4.45. The van der Waals surface area contributed by atoms with Gasteiger partial charge in [0.25, 0.3) is 11.8 Å². The van der Waals surface area contributed by atoms with Crippen molar-refractivity contribution < 1.29 is 27.3 Å².